The number of nitrogens with two attached hydrogens (primary N) is 1. The van der Waals surface area contributed by atoms with Crippen molar-refractivity contribution < 1.29 is 4.79 Å². The van der Waals surface area contributed by atoms with Crippen LogP contribution >= 0.6 is 0 Å². The van der Waals surface area contributed by atoms with E-state index in [1.165, 1.54) is 76.8 Å². The van der Waals surface area contributed by atoms with Crippen LogP contribution in [0.25, 0.3) is 0 Å². The largest absolute Gasteiger partial charge is 0.371 e. The molecule has 3 heterocycles. The van der Waals surface area contributed by atoms with Crippen LogP contribution in [0, 0.1) is 5.92 Å². The van der Waals surface area contributed by atoms with Gasteiger partial charge in [-0.05, 0) is 69.3 Å². The number of nitrogens with zero attached hydrogens (tertiary/aromatic N) is 5. The standard InChI is InChI=1S/C30H46N8O/c1-3-26-29(32-21-22-7-5-4-6-8-22)35-30(27(34-26)28(31)39)33-23-9-11-24(12-10-23)37-15-13-25(14-16-37)38-19-17-36(2)18-20-38/h9-12,22,25H,3-8,13-21H2,1-2H3,(H2,31,39)(H2,32,33,35). The number of hydrogen-bond donors (Lipinski definition) is 3. The lowest BCUT2D eigenvalue weighted by atomic mass is 9.89. The topological polar surface area (TPSA) is 103 Å². The van der Waals surface area contributed by atoms with Gasteiger partial charge in [-0.15, -0.1) is 0 Å². The number of primary amides is 1. The number of piperazine rings is 1. The number of amides is 1. The van der Waals surface area contributed by atoms with Crippen molar-refractivity contribution in [3.05, 3.63) is 35.7 Å². The van der Waals surface area contributed by atoms with Crippen LogP contribution in [-0.2, 0) is 6.42 Å². The fourth-order valence-corrected chi connectivity index (χ4v) is 6.32. The third kappa shape index (κ3) is 7.00. The Morgan fingerprint density at radius 1 is 0.923 bits per heavy atom. The zero-order valence-electron chi connectivity index (χ0n) is 23.8. The van der Waals surface area contributed by atoms with Crippen molar-refractivity contribution in [1.82, 2.24) is 19.8 Å². The SMILES string of the molecule is CCc1nc(C(N)=O)c(Nc2ccc(N3CCC(N4CCN(C)CC4)CC3)cc2)nc1NCC1CCCCC1. The summed E-state index contributed by atoms with van der Waals surface area (Å²) in [5.41, 5.74) is 8.77. The van der Waals surface area contributed by atoms with Gasteiger partial charge in [0.2, 0.25) is 0 Å². The molecule has 212 valence electrons. The number of nitrogens with one attached hydrogen (secondary N) is 2. The van der Waals surface area contributed by atoms with Crippen molar-refractivity contribution >= 4 is 28.9 Å². The van der Waals surface area contributed by atoms with Gasteiger partial charge in [-0.1, -0.05) is 26.2 Å². The Morgan fingerprint density at radius 2 is 1.62 bits per heavy atom. The van der Waals surface area contributed by atoms with E-state index in [1.54, 1.807) is 0 Å². The lowest BCUT2D eigenvalue weighted by Gasteiger charge is -2.42. The van der Waals surface area contributed by atoms with Gasteiger partial charge in [-0.3, -0.25) is 9.69 Å². The lowest BCUT2D eigenvalue weighted by molar-refractivity contribution is 0.0982. The highest BCUT2D eigenvalue weighted by Crippen LogP contribution is 2.28. The van der Waals surface area contributed by atoms with E-state index >= 15 is 0 Å². The molecule has 2 aliphatic heterocycles. The minimum atomic E-state index is -0.571. The van der Waals surface area contributed by atoms with Crippen molar-refractivity contribution in [2.75, 3.05) is 68.4 Å². The number of likely N-dealkylation sites (N-methyl/N-ethyl adjacent to an activating group) is 1. The summed E-state index contributed by atoms with van der Waals surface area (Å²) < 4.78 is 0. The second kappa shape index (κ2) is 13.0. The fourth-order valence-electron chi connectivity index (χ4n) is 6.32. The quantitative estimate of drug-likeness (QED) is 0.442. The van der Waals surface area contributed by atoms with E-state index in [9.17, 15) is 4.79 Å². The molecule has 9 heteroatoms. The first-order valence-electron chi connectivity index (χ1n) is 15.0. The van der Waals surface area contributed by atoms with E-state index in [1.807, 2.05) is 6.92 Å². The van der Waals surface area contributed by atoms with Crippen LogP contribution < -0.4 is 21.3 Å². The predicted molar refractivity (Wildman–Crippen MR) is 159 cm³/mol. The summed E-state index contributed by atoms with van der Waals surface area (Å²) in [6.45, 7) is 9.80. The van der Waals surface area contributed by atoms with Crippen molar-refractivity contribution in [1.29, 1.82) is 0 Å². The predicted octanol–water partition coefficient (Wildman–Crippen LogP) is 4.09. The first kappa shape index (κ1) is 27.6. The Bertz CT molecular complexity index is 1080. The average molecular weight is 535 g/mol. The molecule has 0 atom stereocenters. The summed E-state index contributed by atoms with van der Waals surface area (Å²) in [4.78, 5) is 29.3. The third-order valence-electron chi connectivity index (χ3n) is 8.83. The van der Waals surface area contributed by atoms with Gasteiger partial charge in [-0.25, -0.2) is 9.97 Å². The number of rotatable bonds is 9. The molecular formula is C30H46N8O. The molecular weight excluding hydrogens is 488 g/mol. The molecule has 2 saturated heterocycles. The van der Waals surface area contributed by atoms with E-state index in [2.05, 4.69) is 61.6 Å². The third-order valence-corrected chi connectivity index (χ3v) is 8.83. The minimum Gasteiger partial charge on any atom is -0.371 e. The monoisotopic (exact) mass is 534 g/mol. The smallest absolute Gasteiger partial charge is 0.271 e. The number of piperidine rings is 1. The van der Waals surface area contributed by atoms with Gasteiger partial charge in [0.05, 0.1) is 5.69 Å². The van der Waals surface area contributed by atoms with E-state index in [0.717, 1.165) is 36.8 Å². The Balaban J connectivity index is 1.22. The molecule has 0 bridgehead atoms. The van der Waals surface area contributed by atoms with Gasteiger partial charge in [0.25, 0.3) is 5.91 Å². The molecule has 0 unspecified atom stereocenters. The lowest BCUT2D eigenvalue weighted by Crippen LogP contribution is -2.52. The van der Waals surface area contributed by atoms with Crippen molar-refractivity contribution in [3.63, 3.8) is 0 Å². The molecule has 1 amide bonds. The average Bonchev–Trinajstić information content (AvgIpc) is 2.97. The second-order valence-corrected chi connectivity index (χ2v) is 11.5. The maximum Gasteiger partial charge on any atom is 0.271 e. The van der Waals surface area contributed by atoms with Crippen molar-refractivity contribution in [3.8, 4) is 0 Å². The zero-order chi connectivity index (χ0) is 27.2. The summed E-state index contributed by atoms with van der Waals surface area (Å²) >= 11 is 0. The van der Waals surface area contributed by atoms with Crippen LogP contribution in [-0.4, -0.2) is 84.6 Å². The molecule has 2 aromatic rings. The molecule has 9 nitrogen and oxygen atoms in total. The van der Waals surface area contributed by atoms with E-state index in [4.69, 9.17) is 10.7 Å². The molecule has 5 rings (SSSR count). The van der Waals surface area contributed by atoms with Crippen LogP contribution in [0.5, 0.6) is 0 Å². The molecule has 1 aromatic carbocycles. The van der Waals surface area contributed by atoms with E-state index in [0.29, 0.717) is 24.2 Å². The fraction of sp³-hybridized carbons (Fsp3) is 0.633. The van der Waals surface area contributed by atoms with Gasteiger partial charge in [0.1, 0.15) is 5.82 Å². The molecule has 1 saturated carbocycles. The Hall–Kier alpha value is -2.91. The molecule has 0 radical (unpaired) electrons. The second-order valence-electron chi connectivity index (χ2n) is 11.5. The Labute approximate surface area is 233 Å². The normalized spacial score (nSPS) is 20.2. The van der Waals surface area contributed by atoms with Gasteiger partial charge in [-0.2, -0.15) is 0 Å². The van der Waals surface area contributed by atoms with Crippen LogP contribution in [0.4, 0.5) is 23.0 Å². The first-order chi connectivity index (χ1) is 19.0. The summed E-state index contributed by atoms with van der Waals surface area (Å²) in [6.07, 6.45) is 9.56. The number of benzene rings is 1. The summed E-state index contributed by atoms with van der Waals surface area (Å²) in [6, 6.07) is 9.11. The van der Waals surface area contributed by atoms with Gasteiger partial charge in [0.15, 0.2) is 11.5 Å². The zero-order valence-corrected chi connectivity index (χ0v) is 23.8. The number of aryl methyl sites for hydroxylation is 1. The van der Waals surface area contributed by atoms with E-state index in [-0.39, 0.29) is 5.69 Å². The maximum absolute atomic E-state index is 12.3. The van der Waals surface area contributed by atoms with Crippen LogP contribution in [0.1, 0.15) is 68.1 Å². The summed E-state index contributed by atoms with van der Waals surface area (Å²) in [5.74, 6) is 1.25. The minimum absolute atomic E-state index is 0.185. The molecule has 4 N–H and O–H groups in total. The van der Waals surface area contributed by atoms with Crippen LogP contribution in [0.2, 0.25) is 0 Å². The molecule has 1 aliphatic carbocycles. The highest BCUT2D eigenvalue weighted by atomic mass is 16.1. The Morgan fingerprint density at radius 3 is 2.26 bits per heavy atom. The highest BCUT2D eigenvalue weighted by Gasteiger charge is 2.27. The van der Waals surface area contributed by atoms with Crippen LogP contribution in [0.15, 0.2) is 24.3 Å². The summed E-state index contributed by atoms with van der Waals surface area (Å²) in [5, 5.41) is 6.85. The number of hydrogen-bond acceptors (Lipinski definition) is 8. The molecule has 3 aliphatic rings. The number of carbonyl (C=O) groups is 1. The number of anilines is 4. The maximum atomic E-state index is 12.3. The van der Waals surface area contributed by atoms with Crippen LogP contribution in [0.3, 0.4) is 0 Å². The molecule has 0 spiro atoms. The Kier molecular flexibility index (Phi) is 9.19. The van der Waals surface area contributed by atoms with Gasteiger partial charge < -0.3 is 26.2 Å². The van der Waals surface area contributed by atoms with Crippen molar-refractivity contribution in [2.45, 2.75) is 64.3 Å². The first-order valence-corrected chi connectivity index (χ1v) is 15.0. The van der Waals surface area contributed by atoms with Gasteiger partial charge >= 0.3 is 0 Å². The number of aromatic nitrogens is 2. The molecule has 3 fully saturated rings. The summed E-state index contributed by atoms with van der Waals surface area (Å²) in [7, 11) is 2.22. The molecule has 39 heavy (non-hydrogen) atoms. The highest BCUT2D eigenvalue weighted by molar-refractivity contribution is 5.96. The number of carbonyl (C=O) groups excluding carboxylic acids is 1. The van der Waals surface area contributed by atoms with Crippen molar-refractivity contribution in [2.24, 2.45) is 11.7 Å². The molecule has 1 aromatic heterocycles. The van der Waals surface area contributed by atoms with E-state index < -0.39 is 5.91 Å². The van der Waals surface area contributed by atoms with Gasteiger partial charge in [0, 0.05) is 63.2 Å².